The minimum atomic E-state index is -0.0184. The summed E-state index contributed by atoms with van der Waals surface area (Å²) in [5, 5.41) is 0. The van der Waals surface area contributed by atoms with Crippen LogP contribution >= 0.6 is 0 Å². The highest BCUT2D eigenvalue weighted by atomic mass is 16.1. The molecular formula is C33H66O. The van der Waals surface area contributed by atoms with Crippen molar-refractivity contribution in [1.82, 2.24) is 0 Å². The quantitative estimate of drug-likeness (QED) is 0.107. The van der Waals surface area contributed by atoms with Crippen molar-refractivity contribution in [3.63, 3.8) is 0 Å². The lowest BCUT2D eigenvalue weighted by Crippen LogP contribution is -2.37. The molecule has 204 valence electrons. The van der Waals surface area contributed by atoms with Crippen LogP contribution in [0.2, 0.25) is 0 Å². The van der Waals surface area contributed by atoms with Crippen LogP contribution in [0.25, 0.3) is 0 Å². The highest BCUT2D eigenvalue weighted by Crippen LogP contribution is 2.42. The van der Waals surface area contributed by atoms with Gasteiger partial charge in [-0.05, 0) is 32.1 Å². The molecule has 34 heavy (non-hydrogen) atoms. The van der Waals surface area contributed by atoms with Crippen LogP contribution in [-0.4, -0.2) is 5.78 Å². The number of carbonyl (C=O) groups is 1. The van der Waals surface area contributed by atoms with Crippen molar-refractivity contribution in [3.05, 3.63) is 0 Å². The third-order valence-electron chi connectivity index (χ3n) is 8.23. The van der Waals surface area contributed by atoms with E-state index in [2.05, 4.69) is 34.6 Å². The number of unbranched alkanes of at least 4 members (excludes halogenated alkanes) is 15. The topological polar surface area (TPSA) is 17.1 Å². The van der Waals surface area contributed by atoms with Crippen LogP contribution in [0, 0.1) is 11.3 Å². The molecule has 0 fully saturated rings. The van der Waals surface area contributed by atoms with E-state index in [9.17, 15) is 4.79 Å². The highest BCUT2D eigenvalue weighted by molar-refractivity contribution is 5.87. The van der Waals surface area contributed by atoms with E-state index in [4.69, 9.17) is 0 Å². The Morgan fingerprint density at radius 1 is 0.441 bits per heavy atom. The maximum Gasteiger partial charge on any atom is 0.142 e. The summed E-state index contributed by atoms with van der Waals surface area (Å²) >= 11 is 0. The minimum Gasteiger partial charge on any atom is -0.299 e. The number of hydrogen-bond donors (Lipinski definition) is 0. The van der Waals surface area contributed by atoms with E-state index < -0.39 is 0 Å². The summed E-state index contributed by atoms with van der Waals surface area (Å²) in [7, 11) is 0. The Labute approximate surface area is 217 Å². The molecule has 0 heterocycles. The van der Waals surface area contributed by atoms with Crippen LogP contribution in [-0.2, 0) is 4.79 Å². The predicted octanol–water partition coefficient (Wildman–Crippen LogP) is 12.0. The zero-order valence-corrected chi connectivity index (χ0v) is 24.7. The number of Topliss-reactive ketones (excluding diaryl/α,β-unsaturated/α-hetero) is 1. The molecule has 0 aromatic carbocycles. The first-order valence-corrected chi connectivity index (χ1v) is 16.2. The summed E-state index contributed by atoms with van der Waals surface area (Å²) in [5.74, 6) is 1.04. The lowest BCUT2D eigenvalue weighted by Gasteiger charge is -2.37. The first kappa shape index (κ1) is 33.7. The van der Waals surface area contributed by atoms with E-state index >= 15 is 0 Å². The Kier molecular flexibility index (Phi) is 24.1. The Morgan fingerprint density at radius 3 is 1.03 bits per heavy atom. The van der Waals surface area contributed by atoms with Gasteiger partial charge in [-0.3, -0.25) is 4.79 Å². The van der Waals surface area contributed by atoms with Crippen molar-refractivity contribution in [2.45, 2.75) is 195 Å². The van der Waals surface area contributed by atoms with Crippen LogP contribution < -0.4 is 0 Å². The second kappa shape index (κ2) is 24.4. The minimum absolute atomic E-state index is 0.0184. The molecule has 0 amide bonds. The molecule has 0 N–H and O–H groups in total. The smallest absolute Gasteiger partial charge is 0.142 e. The van der Waals surface area contributed by atoms with Gasteiger partial charge in [-0.2, -0.15) is 0 Å². The number of carbonyl (C=O) groups excluding carboxylic acids is 1. The number of hydrogen-bond acceptors (Lipinski definition) is 1. The molecule has 0 atom stereocenters. The van der Waals surface area contributed by atoms with Gasteiger partial charge in [0.05, 0.1) is 0 Å². The lowest BCUT2D eigenvalue weighted by molar-refractivity contribution is -0.135. The third-order valence-corrected chi connectivity index (χ3v) is 8.23. The van der Waals surface area contributed by atoms with Gasteiger partial charge in [0.25, 0.3) is 0 Å². The molecule has 0 saturated carbocycles. The van der Waals surface area contributed by atoms with E-state index in [0.717, 1.165) is 12.8 Å². The molecule has 0 saturated heterocycles. The summed E-state index contributed by atoms with van der Waals surface area (Å²) in [4.78, 5) is 14.5. The van der Waals surface area contributed by atoms with Crippen LogP contribution in [0.5, 0.6) is 0 Å². The lowest BCUT2D eigenvalue weighted by atomic mass is 9.66. The summed E-state index contributed by atoms with van der Waals surface area (Å²) in [6.07, 6.45) is 31.7. The Bertz CT molecular complexity index is 383. The summed E-state index contributed by atoms with van der Waals surface area (Å²) in [6, 6.07) is 0. The van der Waals surface area contributed by atoms with Crippen molar-refractivity contribution >= 4 is 5.78 Å². The van der Waals surface area contributed by atoms with Gasteiger partial charge in [0.1, 0.15) is 5.78 Å². The van der Waals surface area contributed by atoms with Gasteiger partial charge in [0.15, 0.2) is 0 Å². The molecule has 0 aromatic rings. The van der Waals surface area contributed by atoms with Gasteiger partial charge in [0, 0.05) is 11.3 Å². The molecule has 0 aliphatic carbocycles. The largest absolute Gasteiger partial charge is 0.299 e. The molecule has 0 rings (SSSR count). The maximum atomic E-state index is 14.5. The molecular weight excluding hydrogens is 412 g/mol. The molecule has 0 bridgehead atoms. The molecule has 1 nitrogen and oxygen atoms in total. The second-order valence-electron chi connectivity index (χ2n) is 11.5. The fourth-order valence-corrected chi connectivity index (χ4v) is 5.89. The van der Waals surface area contributed by atoms with Gasteiger partial charge in [-0.25, -0.2) is 0 Å². The molecule has 0 spiro atoms. The van der Waals surface area contributed by atoms with E-state index in [0.29, 0.717) is 11.7 Å². The van der Waals surface area contributed by atoms with Crippen molar-refractivity contribution < 1.29 is 4.79 Å². The fraction of sp³-hybridized carbons (Fsp3) is 0.970. The van der Waals surface area contributed by atoms with E-state index in [1.807, 2.05) is 0 Å². The van der Waals surface area contributed by atoms with E-state index in [1.54, 1.807) is 0 Å². The van der Waals surface area contributed by atoms with Crippen LogP contribution in [0.1, 0.15) is 195 Å². The average molecular weight is 479 g/mol. The summed E-state index contributed by atoms with van der Waals surface area (Å²) < 4.78 is 0. The van der Waals surface area contributed by atoms with Crippen LogP contribution in [0.3, 0.4) is 0 Å². The van der Waals surface area contributed by atoms with E-state index in [-0.39, 0.29) is 5.41 Å². The molecule has 0 aliphatic heterocycles. The number of rotatable bonds is 27. The first-order chi connectivity index (χ1) is 16.6. The first-order valence-electron chi connectivity index (χ1n) is 16.2. The van der Waals surface area contributed by atoms with E-state index in [1.165, 1.54) is 148 Å². The summed E-state index contributed by atoms with van der Waals surface area (Å²) in [6.45, 7) is 11.5. The zero-order valence-electron chi connectivity index (χ0n) is 24.7. The van der Waals surface area contributed by atoms with Gasteiger partial charge >= 0.3 is 0 Å². The van der Waals surface area contributed by atoms with Crippen molar-refractivity contribution in [3.8, 4) is 0 Å². The summed E-state index contributed by atoms with van der Waals surface area (Å²) in [5.41, 5.74) is -0.0184. The molecule has 1 heteroatoms. The maximum absolute atomic E-state index is 14.5. The monoisotopic (exact) mass is 479 g/mol. The van der Waals surface area contributed by atoms with Crippen molar-refractivity contribution in [2.75, 3.05) is 0 Å². The second-order valence-corrected chi connectivity index (χ2v) is 11.5. The van der Waals surface area contributed by atoms with Gasteiger partial charge < -0.3 is 0 Å². The number of ketones is 1. The average Bonchev–Trinajstić information content (AvgIpc) is 2.85. The molecule has 0 unspecified atom stereocenters. The van der Waals surface area contributed by atoms with Crippen LogP contribution in [0.4, 0.5) is 0 Å². The third kappa shape index (κ3) is 16.4. The Hall–Kier alpha value is -0.330. The van der Waals surface area contributed by atoms with Crippen LogP contribution in [0.15, 0.2) is 0 Å². The predicted molar refractivity (Wildman–Crippen MR) is 155 cm³/mol. The molecule has 0 aromatic heterocycles. The highest BCUT2D eigenvalue weighted by Gasteiger charge is 2.39. The van der Waals surface area contributed by atoms with Crippen molar-refractivity contribution in [1.29, 1.82) is 0 Å². The standard InChI is InChI=1S/C33H66O/c1-6-11-16-21-26-31(27-22-17-12-7-2)32(34)33(28-23-18-13-8-3,29-24-19-14-9-4)30-25-20-15-10-5/h31H,6-30H2,1-5H3. The Balaban J connectivity index is 5.59. The van der Waals surface area contributed by atoms with Gasteiger partial charge in [-0.1, -0.05) is 163 Å². The van der Waals surface area contributed by atoms with Gasteiger partial charge in [0.2, 0.25) is 0 Å². The Morgan fingerprint density at radius 2 is 0.735 bits per heavy atom. The molecule has 0 aliphatic rings. The van der Waals surface area contributed by atoms with Gasteiger partial charge in [-0.15, -0.1) is 0 Å². The molecule has 0 radical (unpaired) electrons. The zero-order chi connectivity index (χ0) is 25.3. The van der Waals surface area contributed by atoms with Crippen molar-refractivity contribution in [2.24, 2.45) is 11.3 Å². The normalized spacial score (nSPS) is 12.1. The SMILES string of the molecule is CCCCCCC(CCCCCC)C(=O)C(CCCCCC)(CCCCCC)CCCCCC. The fourth-order valence-electron chi connectivity index (χ4n) is 5.89.